The number of Topliss-reactive ketones (excluding diaryl/α,β-unsaturated/α-hetero) is 1. The second-order valence-electron chi connectivity index (χ2n) is 9.23. The third-order valence-corrected chi connectivity index (χ3v) is 13.1. The van der Waals surface area contributed by atoms with Crippen molar-refractivity contribution < 1.29 is 17.6 Å². The van der Waals surface area contributed by atoms with Crippen LogP contribution >= 0.6 is 0 Å². The second-order valence-corrected chi connectivity index (χ2v) is 16.1. The Morgan fingerprint density at radius 3 is 2.33 bits per heavy atom. The van der Waals surface area contributed by atoms with Crippen LogP contribution in [0.4, 0.5) is 0 Å². The highest BCUT2D eigenvalue weighted by molar-refractivity contribution is 7.93. The Labute approximate surface area is 164 Å². The van der Waals surface area contributed by atoms with Crippen molar-refractivity contribution in [3.05, 3.63) is 30.3 Å². The molecular formula is C20H31NO4SSi. The second kappa shape index (κ2) is 7.10. The van der Waals surface area contributed by atoms with E-state index < -0.39 is 23.4 Å². The predicted molar refractivity (Wildman–Crippen MR) is 109 cm³/mol. The number of hydrogen-bond acceptors (Lipinski definition) is 5. The van der Waals surface area contributed by atoms with E-state index in [4.69, 9.17) is 4.43 Å². The first-order valence-corrected chi connectivity index (χ1v) is 14.1. The van der Waals surface area contributed by atoms with Crippen molar-refractivity contribution in [1.82, 2.24) is 4.90 Å². The molecule has 2 fully saturated rings. The number of rotatable bonds is 4. The fraction of sp³-hybridized carbons (Fsp3) is 0.650. The Hall–Kier alpha value is -1.02. The molecule has 0 saturated carbocycles. The van der Waals surface area contributed by atoms with E-state index in [1.807, 2.05) is 0 Å². The molecule has 0 unspecified atom stereocenters. The topological polar surface area (TPSA) is 63.7 Å². The SMILES string of the molecule is CC(C)(C)[Si](C)(C)O[C@@H]1CCN2CCC(=O)[C@@H](S(=O)(=O)c3ccccc3)[C@H]12. The number of nitrogens with zero attached hydrogens (tertiary/aromatic N) is 1. The number of fused-ring (bicyclic) bond motifs is 1. The number of carbonyl (C=O) groups excluding carboxylic acids is 1. The molecule has 0 aromatic heterocycles. The minimum atomic E-state index is -3.75. The van der Waals surface area contributed by atoms with E-state index in [-0.39, 0.29) is 27.9 Å². The van der Waals surface area contributed by atoms with Gasteiger partial charge in [-0.3, -0.25) is 9.69 Å². The largest absolute Gasteiger partial charge is 0.412 e. The van der Waals surface area contributed by atoms with Gasteiger partial charge in [0.25, 0.3) is 0 Å². The Balaban J connectivity index is 1.97. The van der Waals surface area contributed by atoms with Crippen molar-refractivity contribution in [3.63, 3.8) is 0 Å². The van der Waals surface area contributed by atoms with Crippen LogP contribution in [0.3, 0.4) is 0 Å². The molecule has 0 N–H and O–H groups in total. The van der Waals surface area contributed by atoms with E-state index in [9.17, 15) is 13.2 Å². The molecule has 1 aromatic rings. The molecule has 5 nitrogen and oxygen atoms in total. The lowest BCUT2D eigenvalue weighted by molar-refractivity contribution is -0.122. The monoisotopic (exact) mass is 409 g/mol. The normalized spacial score (nSPS) is 27.6. The lowest BCUT2D eigenvalue weighted by Gasteiger charge is -2.43. The highest BCUT2D eigenvalue weighted by atomic mass is 32.2. The number of piperidine rings is 1. The van der Waals surface area contributed by atoms with Crippen LogP contribution in [0.15, 0.2) is 35.2 Å². The molecule has 2 aliphatic rings. The highest BCUT2D eigenvalue weighted by Gasteiger charge is 2.53. The van der Waals surface area contributed by atoms with Gasteiger partial charge in [0.2, 0.25) is 0 Å². The zero-order valence-electron chi connectivity index (χ0n) is 16.9. The number of benzene rings is 1. The van der Waals surface area contributed by atoms with Gasteiger partial charge >= 0.3 is 0 Å². The minimum Gasteiger partial charge on any atom is -0.412 e. The first kappa shape index (κ1) is 20.7. The zero-order valence-corrected chi connectivity index (χ0v) is 18.8. The molecule has 2 saturated heterocycles. The molecule has 0 spiro atoms. The van der Waals surface area contributed by atoms with Crippen LogP contribution in [0.2, 0.25) is 18.1 Å². The zero-order chi connectivity index (χ0) is 20.0. The summed E-state index contributed by atoms with van der Waals surface area (Å²) < 4.78 is 33.3. The summed E-state index contributed by atoms with van der Waals surface area (Å²) >= 11 is 0. The predicted octanol–water partition coefficient (Wildman–Crippen LogP) is 3.27. The minimum absolute atomic E-state index is 0.0346. The van der Waals surface area contributed by atoms with E-state index in [0.29, 0.717) is 13.0 Å². The van der Waals surface area contributed by atoms with Gasteiger partial charge in [0.05, 0.1) is 17.0 Å². The maximum absolute atomic E-state index is 13.4. The summed E-state index contributed by atoms with van der Waals surface area (Å²) in [5.74, 6) is -0.175. The molecule has 1 aromatic carbocycles. The van der Waals surface area contributed by atoms with E-state index in [2.05, 4.69) is 38.8 Å². The van der Waals surface area contributed by atoms with Crippen molar-refractivity contribution in [1.29, 1.82) is 0 Å². The summed E-state index contributed by atoms with van der Waals surface area (Å²) in [5, 5.41) is -1.00. The molecule has 7 heteroatoms. The molecule has 27 heavy (non-hydrogen) atoms. The summed E-state index contributed by atoms with van der Waals surface area (Å²) in [4.78, 5) is 15.2. The van der Waals surface area contributed by atoms with E-state index in [0.717, 1.165) is 13.0 Å². The van der Waals surface area contributed by atoms with Gasteiger partial charge < -0.3 is 4.43 Å². The van der Waals surface area contributed by atoms with Crippen molar-refractivity contribution in [2.24, 2.45) is 0 Å². The molecule has 0 aliphatic carbocycles. The lowest BCUT2D eigenvalue weighted by Crippen LogP contribution is -2.58. The van der Waals surface area contributed by atoms with Crippen molar-refractivity contribution in [2.75, 3.05) is 13.1 Å². The van der Waals surface area contributed by atoms with Crippen LogP contribution in [0, 0.1) is 0 Å². The summed E-state index contributed by atoms with van der Waals surface area (Å²) in [7, 11) is -5.81. The van der Waals surface area contributed by atoms with Crippen LogP contribution in [0.1, 0.15) is 33.6 Å². The molecule has 3 atom stereocenters. The number of ketones is 1. The summed E-state index contributed by atoms with van der Waals surface area (Å²) in [5.41, 5.74) is 0. The Morgan fingerprint density at radius 1 is 1.11 bits per heavy atom. The van der Waals surface area contributed by atoms with Crippen LogP contribution in [0.5, 0.6) is 0 Å². The number of hydrogen-bond donors (Lipinski definition) is 0. The fourth-order valence-corrected chi connectivity index (χ4v) is 7.25. The van der Waals surface area contributed by atoms with Crippen molar-refractivity contribution in [2.45, 2.75) is 74.0 Å². The average molecular weight is 410 g/mol. The van der Waals surface area contributed by atoms with Crippen LogP contribution in [0.25, 0.3) is 0 Å². The van der Waals surface area contributed by atoms with Gasteiger partial charge in [0.1, 0.15) is 5.25 Å². The van der Waals surface area contributed by atoms with Gasteiger partial charge in [-0.2, -0.15) is 0 Å². The van der Waals surface area contributed by atoms with Crippen molar-refractivity contribution in [3.8, 4) is 0 Å². The third-order valence-electron chi connectivity index (χ3n) is 6.43. The number of carbonyl (C=O) groups is 1. The standard InChI is InChI=1S/C20H31NO4SSi/c1-20(2,3)27(4,5)25-17-12-14-21-13-11-16(22)19(18(17)21)26(23,24)15-9-7-6-8-10-15/h6-10,17-19H,11-14H2,1-5H3/t17-,18+,19-/m1/s1. The van der Waals surface area contributed by atoms with Gasteiger partial charge in [-0.25, -0.2) is 8.42 Å². The maximum atomic E-state index is 13.4. The molecule has 3 rings (SSSR count). The van der Waals surface area contributed by atoms with Crippen molar-refractivity contribution >= 4 is 23.9 Å². The first-order chi connectivity index (χ1) is 12.4. The van der Waals surface area contributed by atoms with Gasteiger partial charge in [0, 0.05) is 19.5 Å². The Kier molecular flexibility index (Phi) is 5.44. The molecule has 0 bridgehead atoms. The molecule has 150 valence electrons. The maximum Gasteiger partial charge on any atom is 0.192 e. The van der Waals surface area contributed by atoms with Gasteiger partial charge in [-0.1, -0.05) is 39.0 Å². The van der Waals surface area contributed by atoms with Gasteiger partial charge in [-0.05, 0) is 36.7 Å². The van der Waals surface area contributed by atoms with Gasteiger partial charge in [-0.15, -0.1) is 0 Å². The Morgan fingerprint density at radius 2 is 1.74 bits per heavy atom. The molecule has 0 amide bonds. The third kappa shape index (κ3) is 3.79. The van der Waals surface area contributed by atoms with Crippen LogP contribution in [-0.4, -0.2) is 57.9 Å². The quantitative estimate of drug-likeness (QED) is 0.714. The molecule has 2 aliphatic heterocycles. The molecular weight excluding hydrogens is 378 g/mol. The highest BCUT2D eigenvalue weighted by Crippen LogP contribution is 2.41. The summed E-state index contributed by atoms with van der Waals surface area (Å²) in [6.07, 6.45) is 0.865. The average Bonchev–Trinajstić information content (AvgIpc) is 2.96. The van der Waals surface area contributed by atoms with E-state index in [1.54, 1.807) is 30.3 Å². The smallest absolute Gasteiger partial charge is 0.192 e. The first-order valence-electron chi connectivity index (χ1n) is 9.69. The fourth-order valence-electron chi connectivity index (χ4n) is 3.88. The molecule has 0 radical (unpaired) electrons. The summed E-state index contributed by atoms with van der Waals surface area (Å²) in [6, 6.07) is 7.98. The van der Waals surface area contributed by atoms with Gasteiger partial charge in [0.15, 0.2) is 23.9 Å². The lowest BCUT2D eigenvalue weighted by atomic mass is 9.99. The van der Waals surface area contributed by atoms with E-state index in [1.165, 1.54) is 0 Å². The van der Waals surface area contributed by atoms with Crippen LogP contribution in [-0.2, 0) is 19.1 Å². The summed E-state index contributed by atoms with van der Waals surface area (Å²) in [6.45, 7) is 12.3. The molecule has 2 heterocycles. The number of sulfone groups is 1. The van der Waals surface area contributed by atoms with E-state index >= 15 is 0 Å². The van der Waals surface area contributed by atoms with Crippen LogP contribution < -0.4 is 0 Å². The Bertz CT molecular complexity index is 801.